The van der Waals surface area contributed by atoms with Crippen molar-refractivity contribution in [2.24, 2.45) is 0 Å². The molecule has 1 aliphatic rings. The van der Waals surface area contributed by atoms with Gasteiger partial charge in [0.2, 0.25) is 0 Å². The number of likely N-dealkylation sites (N-methyl/N-ethyl adjacent to an activating group) is 1. The molecule has 1 atom stereocenters. The highest BCUT2D eigenvalue weighted by atomic mass is 35.5. The lowest BCUT2D eigenvalue weighted by atomic mass is 10.2. The van der Waals surface area contributed by atoms with Gasteiger partial charge >= 0.3 is 0 Å². The Kier molecular flexibility index (Phi) is 6.30. The number of β-amino-alcohol motifs (C(OH)–C–C–N with tert-alkyl or cyclic N) is 1. The van der Waals surface area contributed by atoms with Crippen molar-refractivity contribution in [1.29, 1.82) is 0 Å². The zero-order valence-corrected chi connectivity index (χ0v) is 13.6. The summed E-state index contributed by atoms with van der Waals surface area (Å²) in [6.07, 6.45) is -0.465. The minimum Gasteiger partial charge on any atom is -0.491 e. The van der Waals surface area contributed by atoms with Crippen molar-refractivity contribution in [2.45, 2.75) is 20.0 Å². The van der Waals surface area contributed by atoms with Crippen LogP contribution in [-0.4, -0.2) is 66.9 Å². The normalized spacial score (nSPS) is 18.7. The van der Waals surface area contributed by atoms with Crippen molar-refractivity contribution >= 4 is 11.6 Å². The fourth-order valence-electron chi connectivity index (χ4n) is 2.60. The number of nitrogens with zero attached hydrogens (tertiary/aromatic N) is 2. The minimum atomic E-state index is -0.465. The molecule has 0 saturated carbocycles. The molecule has 1 aliphatic heterocycles. The van der Waals surface area contributed by atoms with E-state index in [1.165, 1.54) is 0 Å². The van der Waals surface area contributed by atoms with Gasteiger partial charge in [-0.1, -0.05) is 18.5 Å². The summed E-state index contributed by atoms with van der Waals surface area (Å²) in [5.41, 5.74) is 0.992. The number of ether oxygens (including phenoxy) is 1. The first-order valence-corrected chi connectivity index (χ1v) is 7.98. The van der Waals surface area contributed by atoms with Crippen LogP contribution in [0.5, 0.6) is 5.75 Å². The van der Waals surface area contributed by atoms with E-state index in [9.17, 15) is 5.11 Å². The molecule has 1 N–H and O–H groups in total. The van der Waals surface area contributed by atoms with Gasteiger partial charge in [-0.3, -0.25) is 4.90 Å². The summed E-state index contributed by atoms with van der Waals surface area (Å²) < 4.78 is 5.69. The van der Waals surface area contributed by atoms with Gasteiger partial charge in [-0.25, -0.2) is 0 Å². The van der Waals surface area contributed by atoms with Crippen LogP contribution in [0.1, 0.15) is 12.5 Å². The molecule has 0 radical (unpaired) electrons. The first-order valence-electron chi connectivity index (χ1n) is 7.60. The summed E-state index contributed by atoms with van der Waals surface area (Å²) in [4.78, 5) is 4.73. The third-order valence-corrected chi connectivity index (χ3v) is 4.18. The molecule has 1 heterocycles. The highest BCUT2D eigenvalue weighted by molar-refractivity contribution is 6.30. The van der Waals surface area contributed by atoms with Crippen LogP contribution < -0.4 is 4.74 Å². The zero-order valence-electron chi connectivity index (χ0n) is 12.9. The second-order valence-electron chi connectivity index (χ2n) is 5.61. The number of piperazine rings is 1. The summed E-state index contributed by atoms with van der Waals surface area (Å²) in [6, 6.07) is 5.53. The largest absolute Gasteiger partial charge is 0.491 e. The number of rotatable bonds is 6. The average Bonchev–Trinajstić information content (AvgIpc) is 2.47. The molecule has 4 nitrogen and oxygen atoms in total. The molecular formula is C16H25ClN2O2. The fraction of sp³-hybridized carbons (Fsp3) is 0.625. The molecule has 0 bridgehead atoms. The number of benzene rings is 1. The van der Waals surface area contributed by atoms with Crippen LogP contribution in [0.3, 0.4) is 0 Å². The summed E-state index contributed by atoms with van der Waals surface area (Å²) in [7, 11) is 0. The second-order valence-corrected chi connectivity index (χ2v) is 6.05. The van der Waals surface area contributed by atoms with Crippen LogP contribution in [0, 0.1) is 6.92 Å². The number of halogens is 1. The summed E-state index contributed by atoms with van der Waals surface area (Å²) in [5.74, 6) is 0.786. The van der Waals surface area contributed by atoms with E-state index in [1.54, 1.807) is 6.07 Å². The zero-order chi connectivity index (χ0) is 15.2. The summed E-state index contributed by atoms with van der Waals surface area (Å²) >= 11 is 5.92. The molecule has 21 heavy (non-hydrogen) atoms. The molecule has 1 aromatic rings. The maximum Gasteiger partial charge on any atom is 0.122 e. The number of aliphatic hydroxyl groups is 1. The van der Waals surface area contributed by atoms with E-state index in [-0.39, 0.29) is 0 Å². The topological polar surface area (TPSA) is 35.9 Å². The Balaban J connectivity index is 1.73. The lowest BCUT2D eigenvalue weighted by molar-refractivity contribution is 0.0469. The van der Waals surface area contributed by atoms with Crippen molar-refractivity contribution < 1.29 is 9.84 Å². The van der Waals surface area contributed by atoms with Crippen LogP contribution in [0.15, 0.2) is 18.2 Å². The highest BCUT2D eigenvalue weighted by Crippen LogP contribution is 2.21. The van der Waals surface area contributed by atoms with Gasteiger partial charge in [0.05, 0.1) is 0 Å². The monoisotopic (exact) mass is 312 g/mol. The Morgan fingerprint density at radius 2 is 1.90 bits per heavy atom. The predicted octanol–water partition coefficient (Wildman–Crippen LogP) is 2.03. The first kappa shape index (κ1) is 16.6. The van der Waals surface area contributed by atoms with Crippen molar-refractivity contribution in [1.82, 2.24) is 9.80 Å². The fourth-order valence-corrected chi connectivity index (χ4v) is 2.83. The molecule has 0 unspecified atom stereocenters. The van der Waals surface area contributed by atoms with Crippen molar-refractivity contribution in [3.63, 3.8) is 0 Å². The van der Waals surface area contributed by atoms with Gasteiger partial charge in [0.1, 0.15) is 18.5 Å². The van der Waals surface area contributed by atoms with Gasteiger partial charge in [0.15, 0.2) is 0 Å². The predicted molar refractivity (Wildman–Crippen MR) is 86.2 cm³/mol. The maximum atomic E-state index is 10.1. The Morgan fingerprint density at radius 3 is 2.52 bits per heavy atom. The molecular weight excluding hydrogens is 288 g/mol. The van der Waals surface area contributed by atoms with Crippen LogP contribution >= 0.6 is 11.6 Å². The first-order chi connectivity index (χ1) is 10.1. The molecule has 0 aliphatic carbocycles. The molecule has 5 heteroatoms. The summed E-state index contributed by atoms with van der Waals surface area (Å²) in [5, 5.41) is 10.8. The third kappa shape index (κ3) is 5.15. The van der Waals surface area contributed by atoms with E-state index in [1.807, 2.05) is 19.1 Å². The van der Waals surface area contributed by atoms with Gasteiger partial charge in [0, 0.05) is 37.7 Å². The Labute approximate surface area is 132 Å². The molecule has 0 aromatic heterocycles. The second kappa shape index (κ2) is 7.99. The number of hydrogen-bond acceptors (Lipinski definition) is 4. The number of aliphatic hydroxyl groups excluding tert-OH is 1. The molecule has 1 saturated heterocycles. The number of aryl methyl sites for hydroxylation is 1. The Hall–Kier alpha value is -0.810. The van der Waals surface area contributed by atoms with E-state index in [2.05, 4.69) is 16.7 Å². The molecule has 0 amide bonds. The van der Waals surface area contributed by atoms with Crippen LogP contribution in [0.25, 0.3) is 0 Å². The molecule has 2 rings (SSSR count). The van der Waals surface area contributed by atoms with Crippen LogP contribution in [0.2, 0.25) is 5.02 Å². The highest BCUT2D eigenvalue weighted by Gasteiger charge is 2.18. The Morgan fingerprint density at radius 1 is 1.24 bits per heavy atom. The minimum absolute atomic E-state index is 0.316. The van der Waals surface area contributed by atoms with Crippen molar-refractivity contribution in [2.75, 3.05) is 45.9 Å². The van der Waals surface area contributed by atoms with Gasteiger partial charge < -0.3 is 14.7 Å². The van der Waals surface area contributed by atoms with E-state index in [0.717, 1.165) is 44.0 Å². The van der Waals surface area contributed by atoms with Gasteiger partial charge in [-0.2, -0.15) is 0 Å². The van der Waals surface area contributed by atoms with Crippen molar-refractivity contribution in [3.05, 3.63) is 28.8 Å². The number of hydrogen-bond donors (Lipinski definition) is 1. The van der Waals surface area contributed by atoms with Gasteiger partial charge in [-0.05, 0) is 37.2 Å². The Bertz CT molecular complexity index is 448. The van der Waals surface area contributed by atoms with Crippen molar-refractivity contribution in [3.8, 4) is 5.75 Å². The quantitative estimate of drug-likeness (QED) is 0.872. The van der Waals surface area contributed by atoms with Crippen LogP contribution in [-0.2, 0) is 0 Å². The SMILES string of the molecule is CCN1CCN(C[C@H](O)COc2ccc(Cl)cc2C)CC1. The average molecular weight is 313 g/mol. The molecule has 1 fully saturated rings. The summed E-state index contributed by atoms with van der Waals surface area (Å²) in [6.45, 7) is 10.4. The molecule has 0 spiro atoms. The van der Waals surface area contributed by atoms with E-state index in [0.29, 0.717) is 18.2 Å². The van der Waals surface area contributed by atoms with E-state index >= 15 is 0 Å². The van der Waals surface area contributed by atoms with E-state index < -0.39 is 6.10 Å². The smallest absolute Gasteiger partial charge is 0.122 e. The lowest BCUT2D eigenvalue weighted by Gasteiger charge is -2.34. The van der Waals surface area contributed by atoms with Gasteiger partial charge in [-0.15, -0.1) is 0 Å². The molecule has 118 valence electrons. The maximum absolute atomic E-state index is 10.1. The standard InChI is InChI=1S/C16H25ClN2O2/c1-3-18-6-8-19(9-7-18)11-15(20)12-21-16-5-4-14(17)10-13(16)2/h4-5,10,15,20H,3,6-9,11-12H2,1-2H3/t15-/m0/s1. The third-order valence-electron chi connectivity index (χ3n) is 3.95. The van der Waals surface area contributed by atoms with Crippen LogP contribution in [0.4, 0.5) is 0 Å². The van der Waals surface area contributed by atoms with Gasteiger partial charge in [0.25, 0.3) is 0 Å². The lowest BCUT2D eigenvalue weighted by Crippen LogP contribution is -2.49. The molecule has 1 aromatic carbocycles. The van der Waals surface area contributed by atoms with E-state index in [4.69, 9.17) is 16.3 Å².